The first kappa shape index (κ1) is 15.2. The Morgan fingerprint density at radius 1 is 1.35 bits per heavy atom. The number of likely N-dealkylation sites (N-methyl/N-ethyl adjacent to an activating group) is 1. The lowest BCUT2D eigenvalue weighted by Crippen LogP contribution is -2.48. The first-order valence-electron chi connectivity index (χ1n) is 5.39. The summed E-state index contributed by atoms with van der Waals surface area (Å²) in [6.45, 7) is 3.73. The average Bonchev–Trinajstić information content (AvgIpc) is 2.25. The number of carbonyl (C=O) groups is 3. The van der Waals surface area contributed by atoms with Gasteiger partial charge in [0.1, 0.15) is 12.6 Å². The van der Waals surface area contributed by atoms with Crippen LogP contribution >= 0.6 is 0 Å². The van der Waals surface area contributed by atoms with Gasteiger partial charge in [-0.15, -0.1) is 0 Å². The van der Waals surface area contributed by atoms with Crippen LogP contribution in [0.4, 0.5) is 4.79 Å². The van der Waals surface area contributed by atoms with E-state index >= 15 is 0 Å². The van der Waals surface area contributed by atoms with Crippen LogP contribution in [0.3, 0.4) is 0 Å². The molecule has 17 heavy (non-hydrogen) atoms. The zero-order valence-electron chi connectivity index (χ0n) is 10.3. The standard InChI is InChI=1S/C10H19N3O4/c1-4-5-11-8(14)6-13(3)10(17)12-7(2)9(15)16/h7H,4-6H2,1-3H3,(H,11,14)(H,12,17)(H,15,16). The van der Waals surface area contributed by atoms with E-state index in [1.807, 2.05) is 6.92 Å². The van der Waals surface area contributed by atoms with Crippen LogP contribution in [0.15, 0.2) is 0 Å². The van der Waals surface area contributed by atoms with Gasteiger partial charge in [0.05, 0.1) is 0 Å². The van der Waals surface area contributed by atoms with Crippen molar-refractivity contribution >= 4 is 17.9 Å². The largest absolute Gasteiger partial charge is 0.480 e. The zero-order valence-corrected chi connectivity index (χ0v) is 10.3. The minimum atomic E-state index is -1.12. The maximum absolute atomic E-state index is 11.4. The number of urea groups is 1. The molecule has 0 aliphatic carbocycles. The highest BCUT2D eigenvalue weighted by molar-refractivity contribution is 5.86. The van der Waals surface area contributed by atoms with E-state index in [1.165, 1.54) is 14.0 Å². The number of amides is 3. The smallest absolute Gasteiger partial charge is 0.325 e. The van der Waals surface area contributed by atoms with Crippen molar-refractivity contribution < 1.29 is 19.5 Å². The summed E-state index contributed by atoms with van der Waals surface area (Å²) in [5.74, 6) is -1.39. The minimum Gasteiger partial charge on any atom is -0.480 e. The number of hydrogen-bond donors (Lipinski definition) is 3. The van der Waals surface area contributed by atoms with Crippen LogP contribution < -0.4 is 10.6 Å². The van der Waals surface area contributed by atoms with E-state index in [9.17, 15) is 14.4 Å². The molecule has 0 saturated carbocycles. The van der Waals surface area contributed by atoms with Crippen LogP contribution in [0, 0.1) is 0 Å². The summed E-state index contributed by atoms with van der Waals surface area (Å²) in [5.41, 5.74) is 0. The molecule has 0 fully saturated rings. The summed E-state index contributed by atoms with van der Waals surface area (Å²) in [6, 6.07) is -1.57. The second-order valence-electron chi connectivity index (χ2n) is 3.72. The van der Waals surface area contributed by atoms with Gasteiger partial charge >= 0.3 is 12.0 Å². The van der Waals surface area contributed by atoms with Gasteiger partial charge < -0.3 is 20.6 Å². The molecule has 0 aromatic heterocycles. The van der Waals surface area contributed by atoms with Crippen molar-refractivity contribution in [3.63, 3.8) is 0 Å². The maximum atomic E-state index is 11.4. The van der Waals surface area contributed by atoms with Gasteiger partial charge in [-0.05, 0) is 13.3 Å². The molecule has 1 atom stereocenters. The van der Waals surface area contributed by atoms with Gasteiger partial charge in [0, 0.05) is 13.6 Å². The second kappa shape index (κ2) is 7.48. The molecule has 3 N–H and O–H groups in total. The number of carboxylic acid groups (broad SMARTS) is 1. The Balaban J connectivity index is 4.05. The molecule has 7 nitrogen and oxygen atoms in total. The maximum Gasteiger partial charge on any atom is 0.325 e. The third-order valence-electron chi connectivity index (χ3n) is 2.01. The predicted octanol–water partition coefficient (Wildman–Crippen LogP) is -0.373. The van der Waals surface area contributed by atoms with Crippen LogP contribution in [0.1, 0.15) is 20.3 Å². The molecule has 0 aromatic rings. The minimum absolute atomic E-state index is 0.0990. The molecule has 0 aliphatic rings. The zero-order chi connectivity index (χ0) is 13.4. The Labute approximate surface area is 100 Å². The Kier molecular flexibility index (Phi) is 6.69. The van der Waals surface area contributed by atoms with E-state index in [4.69, 9.17) is 5.11 Å². The van der Waals surface area contributed by atoms with Crippen molar-refractivity contribution in [3.8, 4) is 0 Å². The summed E-state index contributed by atoms with van der Waals surface area (Å²) < 4.78 is 0. The molecule has 3 amide bonds. The van der Waals surface area contributed by atoms with Gasteiger partial charge in [-0.25, -0.2) is 4.79 Å². The van der Waals surface area contributed by atoms with Crippen molar-refractivity contribution in [1.29, 1.82) is 0 Å². The number of aliphatic carboxylic acids is 1. The topological polar surface area (TPSA) is 98.7 Å². The average molecular weight is 245 g/mol. The molecule has 1 unspecified atom stereocenters. The fourth-order valence-electron chi connectivity index (χ4n) is 0.965. The van der Waals surface area contributed by atoms with Crippen LogP contribution in [-0.4, -0.2) is 54.1 Å². The lowest BCUT2D eigenvalue weighted by atomic mass is 10.3. The quantitative estimate of drug-likeness (QED) is 0.594. The molecule has 0 radical (unpaired) electrons. The molecule has 0 spiro atoms. The molecular formula is C10H19N3O4. The number of carbonyl (C=O) groups excluding carboxylic acids is 2. The van der Waals surface area contributed by atoms with Crippen molar-refractivity contribution in [3.05, 3.63) is 0 Å². The fraction of sp³-hybridized carbons (Fsp3) is 0.700. The van der Waals surface area contributed by atoms with Crippen molar-refractivity contribution in [2.24, 2.45) is 0 Å². The molecule has 0 aliphatic heterocycles. The molecule has 0 heterocycles. The third-order valence-corrected chi connectivity index (χ3v) is 2.01. The van der Waals surface area contributed by atoms with Crippen LogP contribution in [-0.2, 0) is 9.59 Å². The molecule has 0 bridgehead atoms. The lowest BCUT2D eigenvalue weighted by Gasteiger charge is -2.19. The van der Waals surface area contributed by atoms with Crippen molar-refractivity contribution in [2.45, 2.75) is 26.3 Å². The lowest BCUT2D eigenvalue weighted by molar-refractivity contribution is -0.138. The van der Waals surface area contributed by atoms with E-state index in [1.54, 1.807) is 0 Å². The van der Waals surface area contributed by atoms with E-state index in [0.29, 0.717) is 6.54 Å². The normalized spacial score (nSPS) is 11.5. The predicted molar refractivity (Wildman–Crippen MR) is 61.6 cm³/mol. The summed E-state index contributed by atoms with van der Waals surface area (Å²) in [4.78, 5) is 34.4. The number of nitrogens with zero attached hydrogens (tertiary/aromatic N) is 1. The Bertz CT molecular complexity index is 293. The van der Waals surface area contributed by atoms with E-state index in [-0.39, 0.29) is 12.5 Å². The van der Waals surface area contributed by atoms with Gasteiger partial charge in [0.15, 0.2) is 0 Å². The first-order valence-corrected chi connectivity index (χ1v) is 5.39. The summed E-state index contributed by atoms with van der Waals surface area (Å²) >= 11 is 0. The summed E-state index contributed by atoms with van der Waals surface area (Å²) in [7, 11) is 1.43. The molecular weight excluding hydrogens is 226 g/mol. The van der Waals surface area contributed by atoms with Gasteiger partial charge in [0.25, 0.3) is 0 Å². The first-order chi connectivity index (χ1) is 7.88. The van der Waals surface area contributed by atoms with Crippen molar-refractivity contribution in [2.75, 3.05) is 20.1 Å². The Hall–Kier alpha value is -1.79. The highest BCUT2D eigenvalue weighted by Crippen LogP contribution is 1.88. The highest BCUT2D eigenvalue weighted by atomic mass is 16.4. The number of carboxylic acids is 1. The Morgan fingerprint density at radius 3 is 2.41 bits per heavy atom. The molecule has 7 heteroatoms. The van der Waals surface area contributed by atoms with Crippen LogP contribution in [0.25, 0.3) is 0 Å². The van der Waals surface area contributed by atoms with Crippen LogP contribution in [0.5, 0.6) is 0 Å². The highest BCUT2D eigenvalue weighted by Gasteiger charge is 2.18. The summed E-state index contributed by atoms with van der Waals surface area (Å²) in [6.07, 6.45) is 0.817. The van der Waals surface area contributed by atoms with Gasteiger partial charge in [-0.2, -0.15) is 0 Å². The van der Waals surface area contributed by atoms with E-state index in [2.05, 4.69) is 10.6 Å². The molecule has 0 saturated heterocycles. The van der Waals surface area contributed by atoms with Gasteiger partial charge in [-0.3, -0.25) is 9.59 Å². The fourth-order valence-corrected chi connectivity index (χ4v) is 0.965. The van der Waals surface area contributed by atoms with Crippen molar-refractivity contribution in [1.82, 2.24) is 15.5 Å². The number of rotatable bonds is 6. The number of nitrogens with one attached hydrogen (secondary N) is 2. The Morgan fingerprint density at radius 2 is 1.94 bits per heavy atom. The molecule has 0 aromatic carbocycles. The summed E-state index contributed by atoms with van der Waals surface area (Å²) in [5, 5.41) is 13.5. The SMILES string of the molecule is CCCNC(=O)CN(C)C(=O)NC(C)C(=O)O. The van der Waals surface area contributed by atoms with Gasteiger partial charge in [-0.1, -0.05) is 6.92 Å². The van der Waals surface area contributed by atoms with E-state index in [0.717, 1.165) is 11.3 Å². The second-order valence-corrected chi connectivity index (χ2v) is 3.72. The van der Waals surface area contributed by atoms with Crippen LogP contribution in [0.2, 0.25) is 0 Å². The molecule has 0 rings (SSSR count). The monoisotopic (exact) mass is 245 g/mol. The third kappa shape index (κ3) is 6.39. The van der Waals surface area contributed by atoms with Gasteiger partial charge in [0.2, 0.25) is 5.91 Å². The number of hydrogen-bond acceptors (Lipinski definition) is 3. The van der Waals surface area contributed by atoms with E-state index < -0.39 is 18.0 Å². The molecule has 98 valence electrons.